The summed E-state index contributed by atoms with van der Waals surface area (Å²) in [4.78, 5) is 12.2. The van der Waals surface area contributed by atoms with Crippen LogP contribution in [-0.4, -0.2) is 23.7 Å². The zero-order valence-corrected chi connectivity index (χ0v) is 12.8. The van der Waals surface area contributed by atoms with Gasteiger partial charge in [0, 0.05) is 12.5 Å². The summed E-state index contributed by atoms with van der Waals surface area (Å²) >= 11 is 6.14. The molecule has 0 heterocycles. The lowest BCUT2D eigenvalue weighted by Crippen LogP contribution is -2.36. The minimum Gasteiger partial charge on any atom is -0.393 e. The Morgan fingerprint density at radius 2 is 1.95 bits per heavy atom. The molecule has 1 amide bonds. The lowest BCUT2D eigenvalue weighted by atomic mass is 9.86. The molecule has 2 N–H and O–H groups in total. The number of aliphatic hydroxyl groups excluding tert-OH is 1. The van der Waals surface area contributed by atoms with Gasteiger partial charge in [-0.2, -0.15) is 0 Å². The Hall–Kier alpha value is -1.06. The van der Waals surface area contributed by atoms with E-state index in [1.165, 1.54) is 0 Å². The quantitative estimate of drug-likeness (QED) is 0.899. The molecule has 2 unspecified atom stereocenters. The van der Waals surface area contributed by atoms with E-state index in [9.17, 15) is 9.90 Å². The van der Waals surface area contributed by atoms with Gasteiger partial charge in [0.2, 0.25) is 0 Å². The Bertz CT molecular complexity index is 501. The molecule has 110 valence electrons. The number of halogens is 1. The molecule has 0 spiro atoms. The molecule has 1 aliphatic carbocycles. The molecule has 1 aliphatic rings. The minimum absolute atomic E-state index is 0.157. The molecule has 0 saturated heterocycles. The van der Waals surface area contributed by atoms with Gasteiger partial charge in [0.1, 0.15) is 0 Å². The van der Waals surface area contributed by atoms with Crippen molar-refractivity contribution in [3.05, 3.63) is 33.8 Å². The van der Waals surface area contributed by atoms with Gasteiger partial charge in [0.05, 0.1) is 16.7 Å². The first kappa shape index (κ1) is 15.3. The highest BCUT2D eigenvalue weighted by Crippen LogP contribution is 2.24. The molecule has 1 aromatic carbocycles. The maximum atomic E-state index is 12.2. The third-order valence-electron chi connectivity index (χ3n) is 4.22. The number of aryl methyl sites for hydroxylation is 2. The Morgan fingerprint density at radius 3 is 2.65 bits per heavy atom. The average molecular weight is 296 g/mol. The highest BCUT2D eigenvalue weighted by Gasteiger charge is 2.23. The van der Waals surface area contributed by atoms with Crippen molar-refractivity contribution in [2.75, 3.05) is 6.54 Å². The molecule has 1 saturated carbocycles. The molecule has 0 bridgehead atoms. The van der Waals surface area contributed by atoms with E-state index in [0.29, 0.717) is 17.1 Å². The van der Waals surface area contributed by atoms with Gasteiger partial charge in [-0.25, -0.2) is 0 Å². The van der Waals surface area contributed by atoms with Crippen molar-refractivity contribution < 1.29 is 9.90 Å². The fraction of sp³-hybridized carbons (Fsp3) is 0.562. The molecule has 2 atom stereocenters. The first-order valence-corrected chi connectivity index (χ1v) is 7.60. The summed E-state index contributed by atoms with van der Waals surface area (Å²) in [5.74, 6) is 0.00824. The number of carbonyl (C=O) groups excluding carboxylic acids is 1. The standard InChI is InChI=1S/C16H22ClNO2/c1-10-7-13(14(17)8-11(10)2)16(20)18-9-12-5-3-4-6-15(12)19/h7-8,12,15,19H,3-6,9H2,1-2H3,(H,18,20). The number of hydrogen-bond acceptors (Lipinski definition) is 2. The zero-order valence-electron chi connectivity index (χ0n) is 12.1. The lowest BCUT2D eigenvalue weighted by molar-refractivity contribution is 0.0663. The van der Waals surface area contributed by atoms with E-state index in [2.05, 4.69) is 5.32 Å². The van der Waals surface area contributed by atoms with Crippen molar-refractivity contribution in [1.29, 1.82) is 0 Å². The van der Waals surface area contributed by atoms with E-state index < -0.39 is 0 Å². The molecule has 20 heavy (non-hydrogen) atoms. The summed E-state index contributed by atoms with van der Waals surface area (Å²) in [5, 5.41) is 13.3. The number of carbonyl (C=O) groups is 1. The number of benzene rings is 1. The Balaban J connectivity index is 2.00. The van der Waals surface area contributed by atoms with Crippen molar-refractivity contribution in [2.45, 2.75) is 45.6 Å². The monoisotopic (exact) mass is 295 g/mol. The highest BCUT2D eigenvalue weighted by atomic mass is 35.5. The van der Waals surface area contributed by atoms with E-state index >= 15 is 0 Å². The van der Waals surface area contributed by atoms with Gasteiger partial charge >= 0.3 is 0 Å². The second kappa shape index (κ2) is 6.59. The molecular formula is C16H22ClNO2. The van der Waals surface area contributed by atoms with Gasteiger partial charge < -0.3 is 10.4 Å². The number of amides is 1. The Kier molecular flexibility index (Phi) is 5.06. The van der Waals surface area contributed by atoms with Crippen molar-refractivity contribution in [1.82, 2.24) is 5.32 Å². The summed E-state index contributed by atoms with van der Waals surface area (Å²) in [6.45, 7) is 4.46. The Labute approximate surface area is 125 Å². The zero-order chi connectivity index (χ0) is 14.7. The molecule has 2 rings (SSSR count). The molecule has 3 nitrogen and oxygen atoms in total. The fourth-order valence-electron chi connectivity index (χ4n) is 2.70. The van der Waals surface area contributed by atoms with Crippen LogP contribution in [0.3, 0.4) is 0 Å². The molecule has 0 aromatic heterocycles. The maximum Gasteiger partial charge on any atom is 0.252 e. The number of rotatable bonds is 3. The smallest absolute Gasteiger partial charge is 0.252 e. The van der Waals surface area contributed by atoms with Crippen LogP contribution in [0.4, 0.5) is 0 Å². The predicted octanol–water partition coefficient (Wildman–Crippen LogP) is 3.24. The molecule has 1 aromatic rings. The van der Waals surface area contributed by atoms with E-state index in [4.69, 9.17) is 11.6 Å². The third-order valence-corrected chi connectivity index (χ3v) is 4.53. The molecule has 0 aliphatic heterocycles. The SMILES string of the molecule is Cc1cc(Cl)c(C(=O)NCC2CCCCC2O)cc1C. The van der Waals surface area contributed by atoms with Crippen LogP contribution in [0.15, 0.2) is 12.1 Å². The Morgan fingerprint density at radius 1 is 1.30 bits per heavy atom. The lowest BCUT2D eigenvalue weighted by Gasteiger charge is -2.27. The molecule has 4 heteroatoms. The van der Waals surface area contributed by atoms with Gasteiger partial charge in [0.25, 0.3) is 5.91 Å². The van der Waals surface area contributed by atoms with Crippen molar-refractivity contribution in [2.24, 2.45) is 5.92 Å². The molecule has 0 radical (unpaired) electrons. The van der Waals surface area contributed by atoms with E-state index in [1.54, 1.807) is 0 Å². The number of nitrogens with one attached hydrogen (secondary N) is 1. The maximum absolute atomic E-state index is 12.2. The van der Waals surface area contributed by atoms with E-state index in [1.807, 2.05) is 26.0 Å². The summed E-state index contributed by atoms with van der Waals surface area (Å²) in [7, 11) is 0. The van der Waals surface area contributed by atoms with E-state index in [-0.39, 0.29) is 17.9 Å². The summed E-state index contributed by atoms with van der Waals surface area (Å²) in [5.41, 5.74) is 2.64. The fourth-order valence-corrected chi connectivity index (χ4v) is 3.00. The van der Waals surface area contributed by atoms with Crippen LogP contribution >= 0.6 is 11.6 Å². The van der Waals surface area contributed by atoms with Crippen LogP contribution in [0.2, 0.25) is 5.02 Å². The second-order valence-corrected chi connectivity index (χ2v) is 6.15. The van der Waals surface area contributed by atoms with Crippen LogP contribution in [0.1, 0.15) is 47.2 Å². The predicted molar refractivity (Wildman–Crippen MR) is 81.2 cm³/mol. The average Bonchev–Trinajstić information content (AvgIpc) is 2.41. The van der Waals surface area contributed by atoms with Crippen LogP contribution in [0, 0.1) is 19.8 Å². The van der Waals surface area contributed by atoms with Crippen LogP contribution < -0.4 is 5.32 Å². The van der Waals surface area contributed by atoms with E-state index in [0.717, 1.165) is 36.8 Å². The van der Waals surface area contributed by atoms with Gasteiger partial charge in [-0.1, -0.05) is 24.4 Å². The molecule has 1 fully saturated rings. The molecular weight excluding hydrogens is 274 g/mol. The normalized spacial score (nSPS) is 22.6. The van der Waals surface area contributed by atoms with Crippen molar-refractivity contribution in [3.8, 4) is 0 Å². The van der Waals surface area contributed by atoms with Gasteiger partial charge in [-0.3, -0.25) is 4.79 Å². The number of hydrogen-bond donors (Lipinski definition) is 2. The number of aliphatic hydroxyl groups is 1. The van der Waals surface area contributed by atoms with Crippen LogP contribution in [0.25, 0.3) is 0 Å². The minimum atomic E-state index is -0.292. The largest absolute Gasteiger partial charge is 0.393 e. The first-order valence-electron chi connectivity index (χ1n) is 7.22. The highest BCUT2D eigenvalue weighted by molar-refractivity contribution is 6.34. The summed E-state index contributed by atoms with van der Waals surface area (Å²) in [6.07, 6.45) is 3.73. The van der Waals surface area contributed by atoms with Gasteiger partial charge in [-0.15, -0.1) is 0 Å². The van der Waals surface area contributed by atoms with Crippen molar-refractivity contribution in [3.63, 3.8) is 0 Å². The van der Waals surface area contributed by atoms with Crippen LogP contribution in [-0.2, 0) is 0 Å². The third kappa shape index (κ3) is 3.53. The first-order chi connectivity index (χ1) is 9.49. The van der Waals surface area contributed by atoms with Gasteiger partial charge in [0.15, 0.2) is 0 Å². The van der Waals surface area contributed by atoms with Crippen molar-refractivity contribution >= 4 is 17.5 Å². The van der Waals surface area contributed by atoms with Gasteiger partial charge in [-0.05, 0) is 49.9 Å². The van der Waals surface area contributed by atoms with Crippen LogP contribution in [0.5, 0.6) is 0 Å². The summed E-state index contributed by atoms with van der Waals surface area (Å²) < 4.78 is 0. The topological polar surface area (TPSA) is 49.3 Å². The second-order valence-electron chi connectivity index (χ2n) is 5.74. The summed E-state index contributed by atoms with van der Waals surface area (Å²) in [6, 6.07) is 3.64.